The zero-order valence-corrected chi connectivity index (χ0v) is 9.18. The summed E-state index contributed by atoms with van der Waals surface area (Å²) in [4.78, 5) is 0. The topological polar surface area (TPSA) is 25.8 Å². The van der Waals surface area contributed by atoms with Crippen LogP contribution in [-0.2, 0) is 0 Å². The second kappa shape index (κ2) is 3.65. The second-order valence-corrected chi connectivity index (χ2v) is 3.98. The number of nitrogens with two attached hydrogens (primary N) is 1. The van der Waals surface area contributed by atoms with Gasteiger partial charge < -0.3 is 10.1 Å². The minimum absolute atomic E-state index is 0.0957. The predicted octanol–water partition coefficient (Wildman–Crippen LogP) is 1.76. The van der Waals surface area contributed by atoms with E-state index in [9.17, 15) is 0 Å². The Hall–Kier alpha value is -1.80. The Labute approximate surface area is 94.5 Å². The van der Waals surface area contributed by atoms with Crippen LogP contribution in [0.1, 0.15) is 5.56 Å². The summed E-state index contributed by atoms with van der Waals surface area (Å²) in [6, 6.07) is 12.6. The molecule has 2 N–H and O–H groups in total. The van der Waals surface area contributed by atoms with E-state index < -0.39 is 0 Å². The number of rotatable bonds is 1. The number of ether oxygens (including phenoxy) is 1. The lowest BCUT2D eigenvalue weighted by Crippen LogP contribution is -2.87. The van der Waals surface area contributed by atoms with Crippen molar-refractivity contribution in [3.05, 3.63) is 48.0 Å². The molecule has 0 saturated heterocycles. The summed E-state index contributed by atoms with van der Waals surface area (Å²) in [5.74, 6) is 1.00. The summed E-state index contributed by atoms with van der Waals surface area (Å²) in [6.07, 6.45) is 4.31. The van der Waals surface area contributed by atoms with E-state index >= 15 is 0 Å². The highest BCUT2D eigenvalue weighted by Crippen LogP contribution is 2.33. The third kappa shape index (κ3) is 1.39. The van der Waals surface area contributed by atoms with Crippen LogP contribution in [0, 0.1) is 0 Å². The summed E-state index contributed by atoms with van der Waals surface area (Å²) in [5.41, 5.74) is 1.16. The van der Waals surface area contributed by atoms with Crippen LogP contribution in [0.5, 0.6) is 5.75 Å². The number of hydrogen-bond acceptors (Lipinski definition) is 1. The van der Waals surface area contributed by atoms with Crippen LogP contribution in [0.25, 0.3) is 16.8 Å². The molecule has 0 bridgehead atoms. The summed E-state index contributed by atoms with van der Waals surface area (Å²) < 4.78 is 5.95. The van der Waals surface area contributed by atoms with Gasteiger partial charge in [-0.2, -0.15) is 0 Å². The quantitative estimate of drug-likeness (QED) is 0.766. The van der Waals surface area contributed by atoms with E-state index in [0.717, 1.165) is 11.3 Å². The van der Waals surface area contributed by atoms with Crippen molar-refractivity contribution < 1.29 is 10.1 Å². The normalized spacial score (nSPS) is 18.2. The zero-order valence-electron chi connectivity index (χ0n) is 9.18. The molecule has 80 valence electrons. The van der Waals surface area contributed by atoms with Crippen molar-refractivity contribution in [3.63, 3.8) is 0 Å². The van der Waals surface area contributed by atoms with E-state index in [1.165, 1.54) is 10.8 Å². The molecule has 1 aliphatic rings. The summed E-state index contributed by atoms with van der Waals surface area (Å²) >= 11 is 0. The Kier molecular flexibility index (Phi) is 2.15. The maximum Gasteiger partial charge on any atom is 0.250 e. The maximum atomic E-state index is 5.95. The fraction of sp³-hybridized carbons (Fsp3) is 0.143. The second-order valence-electron chi connectivity index (χ2n) is 3.98. The first kappa shape index (κ1) is 9.43. The average molecular weight is 212 g/mol. The van der Waals surface area contributed by atoms with Crippen LogP contribution >= 0.6 is 0 Å². The van der Waals surface area contributed by atoms with Gasteiger partial charge in [0.25, 0.3) is 0 Å². The van der Waals surface area contributed by atoms with Crippen molar-refractivity contribution in [2.75, 3.05) is 7.05 Å². The molecule has 1 heterocycles. The molecule has 3 rings (SSSR count). The predicted molar refractivity (Wildman–Crippen MR) is 65.2 cm³/mol. The van der Waals surface area contributed by atoms with Crippen molar-refractivity contribution in [2.45, 2.75) is 6.23 Å². The minimum Gasteiger partial charge on any atom is -0.438 e. The first-order valence-corrected chi connectivity index (χ1v) is 5.54. The lowest BCUT2D eigenvalue weighted by atomic mass is 10.0. The molecule has 0 spiro atoms. The van der Waals surface area contributed by atoms with Crippen molar-refractivity contribution >= 4 is 16.8 Å². The van der Waals surface area contributed by atoms with Crippen molar-refractivity contribution in [1.29, 1.82) is 0 Å². The van der Waals surface area contributed by atoms with Crippen LogP contribution in [0.4, 0.5) is 0 Å². The molecule has 0 radical (unpaired) electrons. The monoisotopic (exact) mass is 212 g/mol. The number of benzene rings is 2. The van der Waals surface area contributed by atoms with Crippen molar-refractivity contribution in [1.82, 2.24) is 0 Å². The highest BCUT2D eigenvalue weighted by molar-refractivity contribution is 5.92. The fourth-order valence-electron chi connectivity index (χ4n) is 2.08. The molecule has 0 aromatic heterocycles. The fourth-order valence-corrected chi connectivity index (χ4v) is 2.08. The van der Waals surface area contributed by atoms with E-state index in [4.69, 9.17) is 4.74 Å². The molecule has 2 nitrogen and oxygen atoms in total. The first-order valence-electron chi connectivity index (χ1n) is 5.54. The SMILES string of the molecule is C[NH2+]C1C=Cc2ccc3ccccc3c2O1. The van der Waals surface area contributed by atoms with Gasteiger partial charge in [-0.3, -0.25) is 0 Å². The molecule has 0 saturated carbocycles. The Morgan fingerprint density at radius 3 is 2.88 bits per heavy atom. The molecule has 2 heteroatoms. The Bertz CT molecular complexity index is 560. The molecule has 1 aliphatic heterocycles. The summed E-state index contributed by atoms with van der Waals surface area (Å²) in [7, 11) is 2.02. The smallest absolute Gasteiger partial charge is 0.250 e. The Morgan fingerprint density at radius 2 is 2.00 bits per heavy atom. The first-order chi connectivity index (χ1) is 7.88. The van der Waals surface area contributed by atoms with Crippen molar-refractivity contribution in [3.8, 4) is 5.75 Å². The van der Waals surface area contributed by atoms with Gasteiger partial charge in [0.05, 0.1) is 7.05 Å². The van der Waals surface area contributed by atoms with Gasteiger partial charge in [0.15, 0.2) is 0 Å². The lowest BCUT2D eigenvalue weighted by molar-refractivity contribution is -0.682. The zero-order chi connectivity index (χ0) is 11.0. The van der Waals surface area contributed by atoms with Crippen LogP contribution in [0.2, 0.25) is 0 Å². The van der Waals surface area contributed by atoms with E-state index in [-0.39, 0.29) is 6.23 Å². The lowest BCUT2D eigenvalue weighted by Gasteiger charge is -2.19. The van der Waals surface area contributed by atoms with Gasteiger partial charge in [0.1, 0.15) is 5.75 Å². The van der Waals surface area contributed by atoms with Crippen LogP contribution in [-0.4, -0.2) is 13.3 Å². The molecule has 2 aromatic carbocycles. The molecular formula is C14H14NO+. The molecule has 1 unspecified atom stereocenters. The highest BCUT2D eigenvalue weighted by Gasteiger charge is 2.17. The summed E-state index contributed by atoms with van der Waals surface area (Å²) in [6.45, 7) is 0. The van der Waals surface area contributed by atoms with Crippen LogP contribution < -0.4 is 10.1 Å². The van der Waals surface area contributed by atoms with E-state index in [2.05, 4.69) is 53.9 Å². The van der Waals surface area contributed by atoms with E-state index in [1.54, 1.807) is 0 Å². The van der Waals surface area contributed by atoms with Crippen molar-refractivity contribution in [2.24, 2.45) is 0 Å². The van der Waals surface area contributed by atoms with Gasteiger partial charge in [-0.15, -0.1) is 0 Å². The van der Waals surface area contributed by atoms with Gasteiger partial charge in [0.2, 0.25) is 6.23 Å². The number of fused-ring (bicyclic) bond motifs is 3. The molecule has 16 heavy (non-hydrogen) atoms. The number of quaternary nitrogens is 1. The Balaban J connectivity index is 2.23. The number of likely N-dealkylation sites (N-methyl/N-ethyl adjacent to an activating group) is 1. The van der Waals surface area contributed by atoms with Gasteiger partial charge in [0, 0.05) is 17.0 Å². The third-order valence-corrected chi connectivity index (χ3v) is 2.96. The molecule has 2 aromatic rings. The summed E-state index contributed by atoms with van der Waals surface area (Å²) in [5, 5.41) is 4.48. The standard InChI is InChI=1S/C14H13NO/c1-15-13-9-8-11-7-6-10-4-2-3-5-12(10)14(11)16-13/h2-9,13,15H,1H3/p+1. The Morgan fingerprint density at radius 1 is 1.12 bits per heavy atom. The number of hydrogen-bond donors (Lipinski definition) is 1. The molecule has 0 fully saturated rings. The van der Waals surface area contributed by atoms with E-state index in [0.29, 0.717) is 0 Å². The van der Waals surface area contributed by atoms with Crippen LogP contribution in [0.15, 0.2) is 42.5 Å². The van der Waals surface area contributed by atoms with Crippen LogP contribution in [0.3, 0.4) is 0 Å². The van der Waals surface area contributed by atoms with Gasteiger partial charge in [-0.1, -0.05) is 36.4 Å². The average Bonchev–Trinajstić information content (AvgIpc) is 2.38. The molecule has 0 amide bonds. The third-order valence-electron chi connectivity index (χ3n) is 2.96. The largest absolute Gasteiger partial charge is 0.438 e. The van der Waals surface area contributed by atoms with Gasteiger partial charge in [-0.05, 0) is 11.5 Å². The van der Waals surface area contributed by atoms with Gasteiger partial charge in [-0.25, -0.2) is 0 Å². The van der Waals surface area contributed by atoms with E-state index in [1.807, 2.05) is 7.05 Å². The minimum atomic E-state index is 0.0957. The molecule has 1 atom stereocenters. The highest BCUT2D eigenvalue weighted by atomic mass is 16.5. The maximum absolute atomic E-state index is 5.95. The molecule has 0 aliphatic carbocycles. The van der Waals surface area contributed by atoms with Gasteiger partial charge >= 0.3 is 0 Å². The molecular weight excluding hydrogens is 198 g/mol.